The van der Waals surface area contributed by atoms with Crippen LogP contribution in [0.25, 0.3) is 0 Å². The van der Waals surface area contributed by atoms with Crippen molar-refractivity contribution in [3.63, 3.8) is 0 Å². The number of aromatic nitrogens is 2. The minimum absolute atomic E-state index is 0.0191. The van der Waals surface area contributed by atoms with Gasteiger partial charge < -0.3 is 30.0 Å². The molecule has 2 amide bonds. The lowest BCUT2D eigenvalue weighted by Crippen LogP contribution is -2.37. The number of aldehydes is 1. The number of hydrogen-bond donors (Lipinski definition) is 4. The van der Waals surface area contributed by atoms with E-state index in [1.165, 1.54) is 19.2 Å². The van der Waals surface area contributed by atoms with Crippen LogP contribution in [0.15, 0.2) is 18.2 Å². The predicted octanol–water partition coefficient (Wildman–Crippen LogP) is 2.48. The number of carbonyl (C=O) groups excluding carboxylic acids is 3. The summed E-state index contributed by atoms with van der Waals surface area (Å²) in [6.45, 7) is -0.413. The van der Waals surface area contributed by atoms with Crippen molar-refractivity contribution < 1.29 is 33.7 Å². The zero-order valence-corrected chi connectivity index (χ0v) is 19.1. The van der Waals surface area contributed by atoms with Gasteiger partial charge in [-0.15, -0.1) is 6.42 Å². The number of nitrogens with zero attached hydrogens (tertiary/aromatic N) is 1. The van der Waals surface area contributed by atoms with E-state index in [0.717, 1.165) is 25.0 Å². The van der Waals surface area contributed by atoms with Crippen molar-refractivity contribution in [1.82, 2.24) is 15.5 Å². The van der Waals surface area contributed by atoms with Crippen LogP contribution < -0.4 is 20.1 Å². The Hall–Kier alpha value is -4.20. The van der Waals surface area contributed by atoms with E-state index in [2.05, 4.69) is 26.8 Å². The first-order valence-electron chi connectivity index (χ1n) is 11.2. The molecule has 1 aromatic heterocycles. The Bertz CT molecular complexity index is 1170. The number of methoxy groups -OCH3 is 1. The SMILES string of the molecule is C#CC1(NC(=O)O[C@@H]2CC[C@H](c3cc(NC(=O)COc4cc(OC)cc(O)c4C=O)n[nH]3)C2)CC1. The molecule has 1 aromatic carbocycles. The van der Waals surface area contributed by atoms with Crippen LogP contribution in [0.3, 0.4) is 0 Å². The molecule has 11 nitrogen and oxygen atoms in total. The maximum atomic E-state index is 12.3. The summed E-state index contributed by atoms with van der Waals surface area (Å²) < 4.78 is 16.0. The molecular formula is C24H26N4O7. The molecular weight excluding hydrogens is 456 g/mol. The Morgan fingerprint density at radius 3 is 2.83 bits per heavy atom. The lowest BCUT2D eigenvalue weighted by Gasteiger charge is -2.15. The molecule has 2 atom stereocenters. The van der Waals surface area contributed by atoms with Crippen LogP contribution in [0.2, 0.25) is 0 Å². The number of amides is 2. The zero-order valence-electron chi connectivity index (χ0n) is 19.1. The molecule has 0 bridgehead atoms. The largest absolute Gasteiger partial charge is 0.507 e. The van der Waals surface area contributed by atoms with Gasteiger partial charge in [0.2, 0.25) is 0 Å². The monoisotopic (exact) mass is 482 g/mol. The Kier molecular flexibility index (Phi) is 6.82. The number of anilines is 1. The molecule has 0 unspecified atom stereocenters. The molecule has 2 fully saturated rings. The summed E-state index contributed by atoms with van der Waals surface area (Å²) in [7, 11) is 1.40. The van der Waals surface area contributed by atoms with Crippen LogP contribution in [0, 0.1) is 12.3 Å². The summed E-state index contributed by atoms with van der Waals surface area (Å²) in [5.74, 6) is 2.48. The highest BCUT2D eigenvalue weighted by Crippen LogP contribution is 2.37. The molecule has 2 saturated carbocycles. The number of phenols is 1. The molecule has 11 heteroatoms. The fourth-order valence-corrected chi connectivity index (χ4v) is 4.01. The van der Waals surface area contributed by atoms with Crippen LogP contribution in [0.4, 0.5) is 10.6 Å². The first-order valence-corrected chi connectivity index (χ1v) is 11.2. The van der Waals surface area contributed by atoms with Crippen LogP contribution in [-0.4, -0.2) is 59.0 Å². The Balaban J connectivity index is 1.27. The quantitative estimate of drug-likeness (QED) is 0.314. The van der Waals surface area contributed by atoms with E-state index < -0.39 is 24.1 Å². The topological polar surface area (TPSA) is 152 Å². The van der Waals surface area contributed by atoms with Gasteiger partial charge in [-0.1, -0.05) is 5.92 Å². The highest BCUT2D eigenvalue weighted by Gasteiger charge is 2.43. The number of ether oxygens (including phenoxy) is 3. The number of aromatic amines is 1. The van der Waals surface area contributed by atoms with Crippen molar-refractivity contribution in [2.45, 2.75) is 49.7 Å². The number of alkyl carbamates (subject to hydrolysis) is 1. The summed E-state index contributed by atoms with van der Waals surface area (Å²) in [6, 6.07) is 4.39. The smallest absolute Gasteiger partial charge is 0.408 e. The third kappa shape index (κ3) is 5.66. The van der Waals surface area contributed by atoms with E-state index in [0.29, 0.717) is 24.9 Å². The highest BCUT2D eigenvalue weighted by atomic mass is 16.6. The lowest BCUT2D eigenvalue weighted by molar-refractivity contribution is -0.118. The maximum absolute atomic E-state index is 12.3. The van der Waals surface area contributed by atoms with E-state index >= 15 is 0 Å². The third-order valence-electron chi connectivity index (χ3n) is 6.14. The Morgan fingerprint density at radius 2 is 2.14 bits per heavy atom. The highest BCUT2D eigenvalue weighted by molar-refractivity contribution is 5.91. The van der Waals surface area contributed by atoms with E-state index in [-0.39, 0.29) is 34.8 Å². The Labute approximate surface area is 201 Å². The normalized spacial score (nSPS) is 19.8. The van der Waals surface area contributed by atoms with Gasteiger partial charge in [0, 0.05) is 29.8 Å². The standard InChI is InChI=1S/C24H26N4O7/c1-3-24(6-7-24)26-23(32)35-15-5-4-14(8-15)18-11-21(28-27-18)25-22(31)13-34-20-10-16(33-2)9-19(30)17(20)12-29/h1,9-12,14-15,30H,4-8,13H2,2H3,(H,26,32)(H2,25,27,28,31)/t14-,15+/m0/s1. The number of nitrogens with one attached hydrogen (secondary N) is 3. The minimum Gasteiger partial charge on any atom is -0.507 e. The second-order valence-corrected chi connectivity index (χ2v) is 8.61. The number of aromatic hydroxyl groups is 1. The molecule has 4 N–H and O–H groups in total. The van der Waals surface area contributed by atoms with E-state index in [1.807, 2.05) is 0 Å². The molecule has 35 heavy (non-hydrogen) atoms. The molecule has 2 aromatic rings. The second-order valence-electron chi connectivity index (χ2n) is 8.61. The molecule has 184 valence electrons. The van der Waals surface area contributed by atoms with Crippen LogP contribution in [-0.2, 0) is 9.53 Å². The summed E-state index contributed by atoms with van der Waals surface area (Å²) in [4.78, 5) is 35.7. The van der Waals surface area contributed by atoms with Gasteiger partial charge in [0.15, 0.2) is 18.7 Å². The molecule has 0 radical (unpaired) electrons. The van der Waals surface area contributed by atoms with Gasteiger partial charge in [0.1, 0.15) is 28.9 Å². The molecule has 4 rings (SSSR count). The number of hydrogen-bond acceptors (Lipinski definition) is 8. The molecule has 0 aliphatic heterocycles. The number of phenolic OH excluding ortho intramolecular Hbond substituents is 1. The van der Waals surface area contributed by atoms with Gasteiger partial charge in [-0.25, -0.2) is 4.79 Å². The van der Waals surface area contributed by atoms with Crippen molar-refractivity contribution in [3.8, 4) is 29.6 Å². The van der Waals surface area contributed by atoms with Gasteiger partial charge >= 0.3 is 6.09 Å². The van der Waals surface area contributed by atoms with Crippen molar-refractivity contribution in [3.05, 3.63) is 29.5 Å². The molecule has 2 aliphatic rings. The van der Waals surface area contributed by atoms with Crippen molar-refractivity contribution in [2.75, 3.05) is 19.0 Å². The fourth-order valence-electron chi connectivity index (χ4n) is 4.01. The van der Waals surface area contributed by atoms with Crippen LogP contribution in [0.1, 0.15) is 54.1 Å². The fraction of sp³-hybridized carbons (Fsp3) is 0.417. The number of rotatable bonds is 9. The van der Waals surface area contributed by atoms with Gasteiger partial charge in [-0.05, 0) is 32.1 Å². The predicted molar refractivity (Wildman–Crippen MR) is 124 cm³/mol. The number of carbonyl (C=O) groups is 3. The summed E-state index contributed by atoms with van der Waals surface area (Å²) in [6.07, 6.45) is 8.82. The van der Waals surface area contributed by atoms with Crippen molar-refractivity contribution >= 4 is 24.1 Å². The van der Waals surface area contributed by atoms with E-state index in [1.54, 1.807) is 6.07 Å². The van der Waals surface area contributed by atoms with E-state index in [4.69, 9.17) is 20.6 Å². The van der Waals surface area contributed by atoms with Crippen LogP contribution in [0.5, 0.6) is 17.2 Å². The maximum Gasteiger partial charge on any atom is 0.408 e. The summed E-state index contributed by atoms with van der Waals surface area (Å²) in [5.41, 5.74) is 0.187. The second kappa shape index (κ2) is 9.97. The number of benzene rings is 1. The average molecular weight is 482 g/mol. The number of terminal acetylenes is 1. The lowest BCUT2D eigenvalue weighted by atomic mass is 10.0. The van der Waals surface area contributed by atoms with Gasteiger partial charge in [-0.2, -0.15) is 5.10 Å². The van der Waals surface area contributed by atoms with Crippen molar-refractivity contribution in [2.24, 2.45) is 0 Å². The van der Waals surface area contributed by atoms with Crippen LogP contribution >= 0.6 is 0 Å². The van der Waals surface area contributed by atoms with Gasteiger partial charge in [0.05, 0.1) is 12.7 Å². The van der Waals surface area contributed by atoms with E-state index in [9.17, 15) is 19.5 Å². The first kappa shape index (κ1) is 23.9. The molecule has 1 heterocycles. The zero-order chi connectivity index (χ0) is 25.0. The summed E-state index contributed by atoms with van der Waals surface area (Å²) >= 11 is 0. The minimum atomic E-state index is -0.545. The average Bonchev–Trinajstić information content (AvgIpc) is 3.21. The third-order valence-corrected chi connectivity index (χ3v) is 6.14. The molecule has 0 spiro atoms. The van der Waals surface area contributed by atoms with Gasteiger partial charge in [0.25, 0.3) is 5.91 Å². The first-order chi connectivity index (χ1) is 16.8. The summed E-state index contributed by atoms with van der Waals surface area (Å²) in [5, 5.41) is 22.3. The van der Waals surface area contributed by atoms with Crippen molar-refractivity contribution in [1.29, 1.82) is 0 Å². The number of H-pyrrole nitrogens is 1. The van der Waals surface area contributed by atoms with Gasteiger partial charge in [-0.3, -0.25) is 14.7 Å². The molecule has 2 aliphatic carbocycles. The Morgan fingerprint density at radius 1 is 1.34 bits per heavy atom. The molecule has 0 saturated heterocycles.